The van der Waals surface area contributed by atoms with E-state index in [-0.39, 0.29) is 5.56 Å². The van der Waals surface area contributed by atoms with E-state index >= 15 is 0 Å². The molecule has 2 aromatic carbocycles. The van der Waals surface area contributed by atoms with Crippen molar-refractivity contribution in [2.45, 2.75) is 0 Å². The first-order valence-corrected chi connectivity index (χ1v) is 6.58. The molecule has 104 valence electrons. The van der Waals surface area contributed by atoms with Gasteiger partial charge in [-0.15, -0.1) is 0 Å². The molecule has 0 aliphatic heterocycles. The molecule has 0 amide bonds. The fourth-order valence-electron chi connectivity index (χ4n) is 2.25. The minimum Gasteiger partial charge on any atom is -0.495 e. The van der Waals surface area contributed by atoms with E-state index in [0.717, 1.165) is 5.56 Å². The summed E-state index contributed by atoms with van der Waals surface area (Å²) < 4.78 is 6.92. The van der Waals surface area contributed by atoms with E-state index in [4.69, 9.17) is 4.74 Å². The van der Waals surface area contributed by atoms with Crippen LogP contribution in [0.4, 0.5) is 0 Å². The summed E-state index contributed by atoms with van der Waals surface area (Å²) in [6.45, 7) is 0. The molecule has 0 spiro atoms. The van der Waals surface area contributed by atoms with Crippen molar-refractivity contribution in [3.05, 3.63) is 77.2 Å². The Bertz CT molecular complexity index is 810. The number of para-hydroxylation sites is 2. The summed E-state index contributed by atoms with van der Waals surface area (Å²) in [6, 6.07) is 18.5. The van der Waals surface area contributed by atoms with Gasteiger partial charge in [-0.05, 0) is 12.1 Å². The maximum Gasteiger partial charge on any atom is 0.258 e. The number of hydrogen-bond donors (Lipinski definition) is 0. The van der Waals surface area contributed by atoms with Crippen molar-refractivity contribution in [1.29, 1.82) is 0 Å². The van der Waals surface area contributed by atoms with Gasteiger partial charge in [0.05, 0.1) is 12.8 Å². The lowest BCUT2D eigenvalue weighted by molar-refractivity contribution is 0.412. The van der Waals surface area contributed by atoms with E-state index in [1.165, 1.54) is 12.3 Å². The Morgan fingerprint density at radius 1 is 0.952 bits per heavy atom. The van der Waals surface area contributed by atoms with Gasteiger partial charge in [0.15, 0.2) is 0 Å². The molecule has 3 aromatic rings. The largest absolute Gasteiger partial charge is 0.495 e. The number of aromatic nitrogens is 2. The molecule has 0 atom stereocenters. The van der Waals surface area contributed by atoms with Gasteiger partial charge in [0, 0.05) is 17.8 Å². The molecule has 21 heavy (non-hydrogen) atoms. The van der Waals surface area contributed by atoms with Crippen molar-refractivity contribution in [2.24, 2.45) is 0 Å². The van der Waals surface area contributed by atoms with Crippen LogP contribution in [-0.2, 0) is 0 Å². The SMILES string of the molecule is COc1ccccc1-n1c(-c2ccccc2)nccc1=O. The predicted molar refractivity (Wildman–Crippen MR) is 81.8 cm³/mol. The molecular weight excluding hydrogens is 264 g/mol. The Kier molecular flexibility index (Phi) is 3.51. The van der Waals surface area contributed by atoms with Crippen LogP contribution in [0, 0.1) is 0 Å². The van der Waals surface area contributed by atoms with Crippen LogP contribution in [0.5, 0.6) is 5.75 Å². The van der Waals surface area contributed by atoms with Gasteiger partial charge in [0.25, 0.3) is 5.56 Å². The van der Waals surface area contributed by atoms with E-state index in [9.17, 15) is 4.79 Å². The summed E-state index contributed by atoms with van der Waals surface area (Å²) in [7, 11) is 1.59. The average molecular weight is 278 g/mol. The Balaban J connectivity index is 2.31. The van der Waals surface area contributed by atoms with Crippen LogP contribution >= 0.6 is 0 Å². The fraction of sp³-hybridized carbons (Fsp3) is 0.0588. The summed E-state index contributed by atoms with van der Waals surface area (Å²) in [6.07, 6.45) is 1.52. The quantitative estimate of drug-likeness (QED) is 0.740. The van der Waals surface area contributed by atoms with Gasteiger partial charge in [0.1, 0.15) is 11.6 Å². The van der Waals surface area contributed by atoms with Crippen LogP contribution in [0.3, 0.4) is 0 Å². The standard InChI is InChI=1S/C17H14N2O2/c1-21-15-10-6-5-9-14(15)19-16(20)11-12-18-17(19)13-7-3-2-4-8-13/h2-12H,1H3. The van der Waals surface area contributed by atoms with Gasteiger partial charge in [-0.25, -0.2) is 4.98 Å². The monoisotopic (exact) mass is 278 g/mol. The van der Waals surface area contributed by atoms with Crippen molar-refractivity contribution in [3.63, 3.8) is 0 Å². The first-order valence-electron chi connectivity index (χ1n) is 6.58. The maximum absolute atomic E-state index is 12.3. The van der Waals surface area contributed by atoms with E-state index < -0.39 is 0 Å². The summed E-state index contributed by atoms with van der Waals surface area (Å²) >= 11 is 0. The molecule has 0 saturated heterocycles. The van der Waals surface area contributed by atoms with Gasteiger partial charge < -0.3 is 4.74 Å². The molecule has 0 N–H and O–H groups in total. The second-order valence-corrected chi connectivity index (χ2v) is 4.48. The number of benzene rings is 2. The normalized spacial score (nSPS) is 10.3. The summed E-state index contributed by atoms with van der Waals surface area (Å²) in [5.41, 5.74) is 1.41. The summed E-state index contributed by atoms with van der Waals surface area (Å²) in [5, 5.41) is 0. The van der Waals surface area contributed by atoms with Crippen LogP contribution in [0.15, 0.2) is 71.7 Å². The second-order valence-electron chi connectivity index (χ2n) is 4.48. The highest BCUT2D eigenvalue weighted by Gasteiger charge is 2.12. The Labute approximate surface area is 122 Å². The van der Waals surface area contributed by atoms with E-state index in [1.807, 2.05) is 54.6 Å². The average Bonchev–Trinajstić information content (AvgIpc) is 2.55. The smallest absolute Gasteiger partial charge is 0.258 e. The van der Waals surface area contributed by atoms with Crippen molar-refractivity contribution in [3.8, 4) is 22.8 Å². The van der Waals surface area contributed by atoms with E-state index in [1.54, 1.807) is 11.7 Å². The molecule has 0 saturated carbocycles. The Morgan fingerprint density at radius 2 is 1.67 bits per heavy atom. The molecule has 0 aliphatic rings. The van der Waals surface area contributed by atoms with Crippen LogP contribution in [-0.4, -0.2) is 16.7 Å². The highest BCUT2D eigenvalue weighted by atomic mass is 16.5. The number of methoxy groups -OCH3 is 1. The van der Waals surface area contributed by atoms with Gasteiger partial charge in [0.2, 0.25) is 0 Å². The predicted octanol–water partition coefficient (Wildman–Crippen LogP) is 2.91. The molecule has 3 rings (SSSR count). The lowest BCUT2D eigenvalue weighted by atomic mass is 10.2. The Hall–Kier alpha value is -2.88. The van der Waals surface area contributed by atoms with Gasteiger partial charge in [-0.3, -0.25) is 9.36 Å². The topological polar surface area (TPSA) is 44.1 Å². The third-order valence-electron chi connectivity index (χ3n) is 3.20. The molecule has 0 radical (unpaired) electrons. The number of hydrogen-bond acceptors (Lipinski definition) is 3. The highest BCUT2D eigenvalue weighted by Crippen LogP contribution is 2.25. The van der Waals surface area contributed by atoms with E-state index in [2.05, 4.69) is 4.98 Å². The van der Waals surface area contributed by atoms with E-state index in [0.29, 0.717) is 17.3 Å². The highest BCUT2D eigenvalue weighted by molar-refractivity contribution is 5.60. The lowest BCUT2D eigenvalue weighted by Crippen LogP contribution is -2.20. The third-order valence-corrected chi connectivity index (χ3v) is 3.20. The van der Waals surface area contributed by atoms with Crippen molar-refractivity contribution < 1.29 is 4.74 Å². The van der Waals surface area contributed by atoms with Crippen molar-refractivity contribution >= 4 is 0 Å². The first-order chi connectivity index (χ1) is 10.3. The molecule has 0 bridgehead atoms. The molecule has 4 heteroatoms. The number of ether oxygens (including phenoxy) is 1. The molecular formula is C17H14N2O2. The zero-order valence-corrected chi connectivity index (χ0v) is 11.6. The van der Waals surface area contributed by atoms with Crippen molar-refractivity contribution in [2.75, 3.05) is 7.11 Å². The van der Waals surface area contributed by atoms with Crippen LogP contribution in [0.25, 0.3) is 17.1 Å². The fourth-order valence-corrected chi connectivity index (χ4v) is 2.25. The third kappa shape index (κ3) is 2.43. The molecule has 0 fully saturated rings. The van der Waals surface area contributed by atoms with Crippen molar-refractivity contribution in [1.82, 2.24) is 9.55 Å². The first kappa shape index (κ1) is 13.1. The summed E-state index contributed by atoms with van der Waals surface area (Å²) in [4.78, 5) is 16.7. The van der Waals surface area contributed by atoms with Crippen LogP contribution in [0.2, 0.25) is 0 Å². The van der Waals surface area contributed by atoms with Crippen LogP contribution in [0.1, 0.15) is 0 Å². The summed E-state index contributed by atoms with van der Waals surface area (Å²) in [5.74, 6) is 1.22. The number of rotatable bonds is 3. The molecule has 1 aromatic heterocycles. The zero-order chi connectivity index (χ0) is 14.7. The minimum absolute atomic E-state index is 0.145. The minimum atomic E-state index is -0.145. The molecule has 4 nitrogen and oxygen atoms in total. The maximum atomic E-state index is 12.3. The van der Waals surface area contributed by atoms with Gasteiger partial charge in [-0.1, -0.05) is 42.5 Å². The molecule has 1 heterocycles. The van der Waals surface area contributed by atoms with Crippen LogP contribution < -0.4 is 10.3 Å². The van der Waals surface area contributed by atoms with Gasteiger partial charge >= 0.3 is 0 Å². The van der Waals surface area contributed by atoms with Gasteiger partial charge in [-0.2, -0.15) is 0 Å². The Morgan fingerprint density at radius 3 is 2.43 bits per heavy atom. The lowest BCUT2D eigenvalue weighted by Gasteiger charge is -2.14. The zero-order valence-electron chi connectivity index (χ0n) is 11.6. The molecule has 0 aliphatic carbocycles. The number of nitrogens with zero attached hydrogens (tertiary/aromatic N) is 2. The molecule has 0 unspecified atom stereocenters. The second kappa shape index (κ2) is 5.63.